The Labute approximate surface area is 121 Å². The minimum absolute atomic E-state index is 0.0678. The highest BCUT2D eigenvalue weighted by atomic mass is 79.9. The van der Waals surface area contributed by atoms with E-state index in [1.807, 2.05) is 18.2 Å². The van der Waals surface area contributed by atoms with Crippen molar-refractivity contribution in [3.63, 3.8) is 0 Å². The number of nitrogens with one attached hydrogen (secondary N) is 1. The molecule has 0 radical (unpaired) electrons. The molecular formula is C12H15BrClNO2S. The molecule has 1 saturated heterocycles. The summed E-state index contributed by atoms with van der Waals surface area (Å²) in [5.74, 6) is 0.583. The molecule has 1 aromatic rings. The van der Waals surface area contributed by atoms with Crippen molar-refractivity contribution < 1.29 is 8.42 Å². The number of hydrogen-bond acceptors (Lipinski definition) is 3. The third kappa shape index (κ3) is 3.95. The summed E-state index contributed by atoms with van der Waals surface area (Å²) >= 11 is 9.29. The number of benzene rings is 1. The van der Waals surface area contributed by atoms with Gasteiger partial charge in [-0.25, -0.2) is 8.42 Å². The van der Waals surface area contributed by atoms with Crippen LogP contribution >= 0.6 is 27.5 Å². The van der Waals surface area contributed by atoms with E-state index in [9.17, 15) is 8.42 Å². The lowest BCUT2D eigenvalue weighted by molar-refractivity contribution is 0.480. The van der Waals surface area contributed by atoms with Crippen molar-refractivity contribution in [1.29, 1.82) is 0 Å². The van der Waals surface area contributed by atoms with Crippen molar-refractivity contribution in [2.45, 2.75) is 25.4 Å². The van der Waals surface area contributed by atoms with Gasteiger partial charge in [-0.15, -0.1) is 0 Å². The van der Waals surface area contributed by atoms with Gasteiger partial charge in [0.05, 0.1) is 16.5 Å². The van der Waals surface area contributed by atoms with Crippen LogP contribution in [0.5, 0.6) is 0 Å². The average molecular weight is 353 g/mol. The summed E-state index contributed by atoms with van der Waals surface area (Å²) in [6.45, 7) is 0.663. The molecule has 0 aromatic heterocycles. The van der Waals surface area contributed by atoms with Gasteiger partial charge in [0.1, 0.15) is 0 Å². The van der Waals surface area contributed by atoms with Crippen LogP contribution in [0.1, 0.15) is 18.4 Å². The standard InChI is InChI=1S/C12H15BrClNO2S/c13-11-6-9(3-4-12(11)14)7-15-10-2-1-5-18(16,17)8-10/h3-4,6,10,15H,1-2,5,7-8H2. The molecule has 1 N–H and O–H groups in total. The lowest BCUT2D eigenvalue weighted by Gasteiger charge is -2.23. The largest absolute Gasteiger partial charge is 0.309 e. The van der Waals surface area contributed by atoms with Gasteiger partial charge in [-0.1, -0.05) is 17.7 Å². The normalized spacial score (nSPS) is 22.9. The Morgan fingerprint density at radius 1 is 1.44 bits per heavy atom. The Morgan fingerprint density at radius 3 is 2.89 bits per heavy atom. The second-order valence-corrected chi connectivity index (χ2v) is 8.07. The average Bonchev–Trinajstić information content (AvgIpc) is 2.29. The van der Waals surface area contributed by atoms with Gasteiger partial charge in [0.2, 0.25) is 0 Å². The van der Waals surface area contributed by atoms with E-state index in [-0.39, 0.29) is 11.8 Å². The third-order valence-corrected chi connectivity index (χ3v) is 6.08. The lowest BCUT2D eigenvalue weighted by atomic mass is 10.1. The molecule has 0 aliphatic carbocycles. The Morgan fingerprint density at radius 2 is 2.22 bits per heavy atom. The Bertz CT molecular complexity index is 533. The SMILES string of the molecule is O=S1(=O)CCCC(NCc2ccc(Cl)c(Br)c2)C1. The summed E-state index contributed by atoms with van der Waals surface area (Å²) in [6, 6.07) is 5.79. The summed E-state index contributed by atoms with van der Waals surface area (Å²) < 4.78 is 23.9. The highest BCUT2D eigenvalue weighted by molar-refractivity contribution is 9.10. The van der Waals surface area contributed by atoms with Crippen LogP contribution in [-0.2, 0) is 16.4 Å². The molecule has 0 spiro atoms. The van der Waals surface area contributed by atoms with E-state index in [2.05, 4.69) is 21.2 Å². The third-order valence-electron chi connectivity index (χ3n) is 3.04. The van der Waals surface area contributed by atoms with Gasteiger partial charge in [0.15, 0.2) is 9.84 Å². The second-order valence-electron chi connectivity index (χ2n) is 4.58. The summed E-state index contributed by atoms with van der Waals surface area (Å²) in [5.41, 5.74) is 1.09. The molecule has 1 aliphatic heterocycles. The predicted octanol–water partition coefficient (Wildman–Crippen LogP) is 2.77. The summed E-state index contributed by atoms with van der Waals surface area (Å²) in [5, 5.41) is 3.98. The molecular weight excluding hydrogens is 338 g/mol. The first-order valence-corrected chi connectivity index (χ1v) is 8.83. The molecule has 100 valence electrons. The zero-order valence-corrected chi connectivity index (χ0v) is 13.0. The maximum absolute atomic E-state index is 11.5. The van der Waals surface area contributed by atoms with Crippen molar-refractivity contribution >= 4 is 37.4 Å². The van der Waals surface area contributed by atoms with Crippen molar-refractivity contribution in [1.82, 2.24) is 5.32 Å². The van der Waals surface area contributed by atoms with E-state index in [0.717, 1.165) is 22.9 Å². The molecule has 2 rings (SSSR count). The molecule has 0 saturated carbocycles. The van der Waals surface area contributed by atoms with Crippen LogP contribution in [0.15, 0.2) is 22.7 Å². The molecule has 18 heavy (non-hydrogen) atoms. The van der Waals surface area contributed by atoms with Crippen LogP contribution in [0.4, 0.5) is 0 Å². The van der Waals surface area contributed by atoms with Crippen molar-refractivity contribution in [3.05, 3.63) is 33.3 Å². The molecule has 3 nitrogen and oxygen atoms in total. The number of halogens is 2. The minimum Gasteiger partial charge on any atom is -0.309 e. The maximum Gasteiger partial charge on any atom is 0.151 e. The van der Waals surface area contributed by atoms with E-state index in [1.54, 1.807) is 0 Å². The number of hydrogen-bond donors (Lipinski definition) is 1. The molecule has 0 amide bonds. The van der Waals surface area contributed by atoms with Crippen LogP contribution in [0.25, 0.3) is 0 Å². The first kappa shape index (κ1) is 14.3. The molecule has 1 aliphatic rings. The number of rotatable bonds is 3. The lowest BCUT2D eigenvalue weighted by Crippen LogP contribution is -2.39. The van der Waals surface area contributed by atoms with Crippen LogP contribution in [0.2, 0.25) is 5.02 Å². The molecule has 1 fully saturated rings. The van der Waals surface area contributed by atoms with Gasteiger partial charge >= 0.3 is 0 Å². The van der Waals surface area contributed by atoms with Gasteiger partial charge in [0, 0.05) is 17.1 Å². The first-order chi connectivity index (χ1) is 8.46. The van der Waals surface area contributed by atoms with Crippen molar-refractivity contribution in [2.75, 3.05) is 11.5 Å². The van der Waals surface area contributed by atoms with Gasteiger partial charge < -0.3 is 5.32 Å². The van der Waals surface area contributed by atoms with E-state index >= 15 is 0 Å². The Hall–Kier alpha value is -0.100. The van der Waals surface area contributed by atoms with E-state index < -0.39 is 9.84 Å². The molecule has 1 atom stereocenters. The minimum atomic E-state index is -2.84. The summed E-state index contributed by atoms with van der Waals surface area (Å²) in [7, 11) is -2.84. The molecule has 0 bridgehead atoms. The number of sulfone groups is 1. The molecule has 1 heterocycles. The van der Waals surface area contributed by atoms with Crippen LogP contribution in [0, 0.1) is 0 Å². The molecule has 1 unspecified atom stereocenters. The van der Waals surface area contributed by atoms with Crippen molar-refractivity contribution in [3.8, 4) is 0 Å². The highest BCUT2D eigenvalue weighted by Crippen LogP contribution is 2.23. The Kier molecular flexibility index (Phi) is 4.69. The van der Waals surface area contributed by atoms with E-state index in [4.69, 9.17) is 11.6 Å². The van der Waals surface area contributed by atoms with Gasteiger partial charge in [0.25, 0.3) is 0 Å². The van der Waals surface area contributed by atoms with Crippen LogP contribution in [0.3, 0.4) is 0 Å². The summed E-state index contributed by atoms with van der Waals surface area (Å²) in [4.78, 5) is 0. The quantitative estimate of drug-likeness (QED) is 0.910. The topological polar surface area (TPSA) is 46.2 Å². The van der Waals surface area contributed by atoms with Gasteiger partial charge in [-0.05, 0) is 46.5 Å². The highest BCUT2D eigenvalue weighted by Gasteiger charge is 2.24. The summed E-state index contributed by atoms with van der Waals surface area (Å²) in [6.07, 6.45) is 1.68. The fraction of sp³-hybridized carbons (Fsp3) is 0.500. The zero-order valence-electron chi connectivity index (χ0n) is 9.83. The van der Waals surface area contributed by atoms with E-state index in [0.29, 0.717) is 17.3 Å². The van der Waals surface area contributed by atoms with Crippen molar-refractivity contribution in [2.24, 2.45) is 0 Å². The van der Waals surface area contributed by atoms with Gasteiger partial charge in [-0.2, -0.15) is 0 Å². The first-order valence-electron chi connectivity index (χ1n) is 5.84. The van der Waals surface area contributed by atoms with Gasteiger partial charge in [-0.3, -0.25) is 0 Å². The fourth-order valence-electron chi connectivity index (χ4n) is 2.10. The Balaban J connectivity index is 1.93. The maximum atomic E-state index is 11.5. The monoisotopic (exact) mass is 351 g/mol. The van der Waals surface area contributed by atoms with E-state index in [1.165, 1.54) is 0 Å². The fourth-order valence-corrected chi connectivity index (χ4v) is 4.31. The molecule has 6 heteroatoms. The second kappa shape index (κ2) is 5.90. The zero-order chi connectivity index (χ0) is 13.2. The smallest absolute Gasteiger partial charge is 0.151 e. The predicted molar refractivity (Wildman–Crippen MR) is 77.7 cm³/mol. The molecule has 1 aromatic carbocycles. The van der Waals surface area contributed by atoms with Crippen LogP contribution in [-0.4, -0.2) is 26.0 Å². The van der Waals surface area contributed by atoms with Crippen LogP contribution < -0.4 is 5.32 Å².